The van der Waals surface area contributed by atoms with Crippen molar-refractivity contribution >= 4 is 35.4 Å². The maximum Gasteiger partial charge on any atom is 0.325 e. The molecule has 0 fully saturated rings. The molecule has 0 saturated carbocycles. The number of aliphatic carboxylic acids is 2. The van der Waals surface area contributed by atoms with E-state index >= 15 is 0 Å². The maximum atomic E-state index is 11.0. The smallest absolute Gasteiger partial charge is 0.325 e. The van der Waals surface area contributed by atoms with Crippen LogP contribution in [0.2, 0.25) is 0 Å². The molecule has 182 valence electrons. The fourth-order valence-electron chi connectivity index (χ4n) is 1.94. The second-order valence-corrected chi connectivity index (χ2v) is 7.10. The Kier molecular flexibility index (Phi) is 17.7. The van der Waals surface area contributed by atoms with Gasteiger partial charge < -0.3 is 31.7 Å². The lowest BCUT2D eigenvalue weighted by molar-refractivity contribution is -0.142. The van der Waals surface area contributed by atoms with Crippen LogP contribution < -0.4 is 16.8 Å². The molecule has 1 aromatic rings. The molecular weight excluding hydrogens is 442 g/mol. The number of carbonyl (C=O) groups excluding carboxylic acids is 2. The van der Waals surface area contributed by atoms with Crippen LogP contribution in [0.3, 0.4) is 0 Å². The van der Waals surface area contributed by atoms with Crippen molar-refractivity contribution < 1.29 is 34.1 Å². The third-order valence-corrected chi connectivity index (χ3v) is 4.46. The van der Waals surface area contributed by atoms with Gasteiger partial charge in [0.15, 0.2) is 0 Å². The van der Waals surface area contributed by atoms with Crippen LogP contribution in [0, 0.1) is 5.92 Å². The molecule has 0 bridgehead atoms. The summed E-state index contributed by atoms with van der Waals surface area (Å²) in [6.07, 6.45) is 1.33. The minimum atomic E-state index is -1.07. The van der Waals surface area contributed by atoms with Gasteiger partial charge in [-0.05, 0) is 24.8 Å². The molecule has 0 radical (unpaired) electrons. The van der Waals surface area contributed by atoms with Gasteiger partial charge in [0.25, 0.3) is 0 Å². The average Bonchev–Trinajstić information content (AvgIpc) is 2.78. The van der Waals surface area contributed by atoms with Crippen molar-refractivity contribution in [1.82, 2.24) is 5.32 Å². The number of methoxy groups -OCH3 is 1. The largest absolute Gasteiger partial charge is 0.480 e. The van der Waals surface area contributed by atoms with E-state index in [0.717, 1.165) is 12.0 Å². The minimum absolute atomic E-state index is 0.0718. The first-order valence-electron chi connectivity index (χ1n) is 9.84. The van der Waals surface area contributed by atoms with Gasteiger partial charge in [0.2, 0.25) is 5.91 Å². The third kappa shape index (κ3) is 15.2. The molecule has 32 heavy (non-hydrogen) atoms. The summed E-state index contributed by atoms with van der Waals surface area (Å²) in [5.41, 5.74) is 11.9. The molecule has 0 spiro atoms. The zero-order valence-corrected chi connectivity index (χ0v) is 19.5. The van der Waals surface area contributed by atoms with Crippen LogP contribution in [0.4, 0.5) is 0 Å². The zero-order valence-electron chi connectivity index (χ0n) is 18.8. The van der Waals surface area contributed by atoms with E-state index in [9.17, 15) is 19.2 Å². The van der Waals surface area contributed by atoms with Gasteiger partial charge in [0.1, 0.15) is 24.0 Å². The molecule has 0 heterocycles. The van der Waals surface area contributed by atoms with Crippen LogP contribution in [0.1, 0.15) is 32.8 Å². The Bertz CT molecular complexity index is 704. The van der Waals surface area contributed by atoms with Crippen molar-refractivity contribution in [2.45, 2.75) is 51.7 Å². The van der Waals surface area contributed by atoms with Gasteiger partial charge in [-0.2, -0.15) is 0 Å². The average molecular weight is 476 g/mol. The summed E-state index contributed by atoms with van der Waals surface area (Å²) in [6.45, 7) is 5.12. The predicted molar refractivity (Wildman–Crippen MR) is 121 cm³/mol. The first-order chi connectivity index (χ1) is 14.9. The molecule has 1 rings (SSSR count). The Morgan fingerprint density at radius 1 is 1.06 bits per heavy atom. The monoisotopic (exact) mass is 475 g/mol. The second-order valence-electron chi connectivity index (χ2n) is 6.83. The summed E-state index contributed by atoms with van der Waals surface area (Å²) in [4.78, 5) is 41.7. The summed E-state index contributed by atoms with van der Waals surface area (Å²) in [5.74, 6) is -2.97. The molecule has 0 saturated heterocycles. The van der Waals surface area contributed by atoms with E-state index in [0.29, 0.717) is 6.42 Å². The first-order valence-corrected chi connectivity index (χ1v) is 10.4. The Labute approximate surface area is 193 Å². The number of nitrogens with two attached hydrogens (primary N) is 2. The normalized spacial score (nSPS) is 13.5. The van der Waals surface area contributed by atoms with Gasteiger partial charge in [0, 0.05) is 0 Å². The van der Waals surface area contributed by atoms with E-state index in [4.69, 9.17) is 33.3 Å². The number of amides is 1. The topological polar surface area (TPSA) is 182 Å². The Balaban J connectivity index is 0. The van der Waals surface area contributed by atoms with Gasteiger partial charge in [-0.25, -0.2) is 0 Å². The van der Waals surface area contributed by atoms with Gasteiger partial charge in [-0.1, -0.05) is 50.6 Å². The molecule has 1 aromatic carbocycles. The second kappa shape index (κ2) is 17.9. The van der Waals surface area contributed by atoms with Crippen molar-refractivity contribution in [3.8, 4) is 0 Å². The first kappa shape index (κ1) is 31.5. The molecular formula is C21H34ClN3O7. The van der Waals surface area contributed by atoms with E-state index in [1.807, 2.05) is 44.2 Å². The highest BCUT2D eigenvalue weighted by Crippen LogP contribution is 2.04. The van der Waals surface area contributed by atoms with Gasteiger partial charge >= 0.3 is 17.9 Å². The predicted octanol–water partition coefficient (Wildman–Crippen LogP) is 0.988. The number of hydrogen-bond acceptors (Lipinski definition) is 7. The van der Waals surface area contributed by atoms with Crippen molar-refractivity contribution in [1.29, 1.82) is 0 Å². The highest BCUT2D eigenvalue weighted by atomic mass is 35.5. The standard InChI is InChI=1S/C10H13NO2.C6H13NO2.C5H8ClNO3/c1-13-10(12)9(11)7-8-5-3-2-4-6-8;1-3-4(2)5(7)6(8)9;1-3(5(9)10)7-4(8)2-6/h2-6,9H,7,11H2,1H3;4-5H,3,7H2,1-2H3,(H,8,9);3H,2H2,1H3,(H,7,8)(H,9,10). The number of carboxylic acid groups (broad SMARTS) is 2. The summed E-state index contributed by atoms with van der Waals surface area (Å²) in [7, 11) is 1.34. The van der Waals surface area contributed by atoms with Crippen LogP contribution >= 0.6 is 11.6 Å². The van der Waals surface area contributed by atoms with Gasteiger partial charge in [-0.3, -0.25) is 19.2 Å². The number of ether oxygens (including phenoxy) is 1. The molecule has 4 atom stereocenters. The van der Waals surface area contributed by atoms with Crippen LogP contribution in [-0.2, 0) is 30.3 Å². The quantitative estimate of drug-likeness (QED) is 0.256. The summed E-state index contributed by atoms with van der Waals surface area (Å²) >= 11 is 5.10. The van der Waals surface area contributed by atoms with E-state index < -0.39 is 36.0 Å². The van der Waals surface area contributed by atoms with Crippen LogP contribution in [0.15, 0.2) is 30.3 Å². The molecule has 0 aliphatic carbocycles. The van der Waals surface area contributed by atoms with Crippen LogP contribution in [-0.4, -0.2) is 65.1 Å². The Morgan fingerprint density at radius 2 is 1.59 bits per heavy atom. The van der Waals surface area contributed by atoms with Crippen molar-refractivity contribution in [2.24, 2.45) is 17.4 Å². The SMILES string of the molecule is CC(NC(=O)CCl)C(=O)O.CCC(C)C(N)C(=O)O.COC(=O)C(N)Cc1ccccc1. The van der Waals surface area contributed by atoms with Crippen LogP contribution in [0.25, 0.3) is 0 Å². The number of rotatable bonds is 9. The molecule has 10 nitrogen and oxygen atoms in total. The van der Waals surface area contributed by atoms with E-state index in [-0.39, 0.29) is 17.8 Å². The van der Waals surface area contributed by atoms with E-state index in [2.05, 4.69) is 10.1 Å². The summed E-state index contributed by atoms with van der Waals surface area (Å²) < 4.78 is 4.52. The number of hydrogen-bond donors (Lipinski definition) is 5. The molecule has 0 aromatic heterocycles. The molecule has 1 amide bonds. The fourth-order valence-corrected chi connectivity index (χ4v) is 2.02. The molecule has 0 aliphatic heterocycles. The Morgan fingerprint density at radius 3 is 1.94 bits per heavy atom. The van der Waals surface area contributed by atoms with Crippen molar-refractivity contribution in [3.63, 3.8) is 0 Å². The number of halogens is 1. The molecule has 7 N–H and O–H groups in total. The highest BCUT2D eigenvalue weighted by molar-refractivity contribution is 6.27. The summed E-state index contributed by atoms with van der Waals surface area (Å²) in [6, 6.07) is 7.49. The number of esters is 1. The number of nitrogens with one attached hydrogen (secondary N) is 1. The molecule has 4 unspecified atom stereocenters. The van der Waals surface area contributed by atoms with Gasteiger partial charge in [-0.15, -0.1) is 11.6 Å². The Hall–Kier alpha value is -2.69. The lowest BCUT2D eigenvalue weighted by atomic mass is 10.0. The molecule has 11 heteroatoms. The van der Waals surface area contributed by atoms with Gasteiger partial charge in [0.05, 0.1) is 7.11 Å². The lowest BCUT2D eigenvalue weighted by Crippen LogP contribution is -2.38. The van der Waals surface area contributed by atoms with Crippen molar-refractivity contribution in [3.05, 3.63) is 35.9 Å². The van der Waals surface area contributed by atoms with E-state index in [1.165, 1.54) is 14.0 Å². The van der Waals surface area contributed by atoms with Crippen LogP contribution in [0.5, 0.6) is 0 Å². The highest BCUT2D eigenvalue weighted by Gasteiger charge is 2.17. The molecule has 0 aliphatic rings. The van der Waals surface area contributed by atoms with Crippen molar-refractivity contribution in [2.75, 3.05) is 13.0 Å². The third-order valence-electron chi connectivity index (χ3n) is 4.21. The fraction of sp³-hybridized carbons (Fsp3) is 0.524. The lowest BCUT2D eigenvalue weighted by Gasteiger charge is -2.11. The number of carbonyl (C=O) groups is 4. The minimum Gasteiger partial charge on any atom is -0.480 e. The maximum absolute atomic E-state index is 11.0. The number of carboxylic acids is 2. The number of benzene rings is 1. The number of alkyl halides is 1. The van der Waals surface area contributed by atoms with E-state index in [1.54, 1.807) is 0 Å². The zero-order chi connectivity index (χ0) is 25.3. The summed E-state index contributed by atoms with van der Waals surface area (Å²) in [5, 5.41) is 18.8.